The average molecular weight is 253 g/mol. The molecule has 17 heavy (non-hydrogen) atoms. The number of rotatable bonds is 7. The summed E-state index contributed by atoms with van der Waals surface area (Å²) in [6.07, 6.45) is 0. The van der Waals surface area contributed by atoms with E-state index in [4.69, 9.17) is 10.5 Å². The van der Waals surface area contributed by atoms with E-state index < -0.39 is 0 Å². The summed E-state index contributed by atoms with van der Waals surface area (Å²) in [6, 6.07) is 8.78. The van der Waals surface area contributed by atoms with Gasteiger partial charge in [0.1, 0.15) is 0 Å². The summed E-state index contributed by atoms with van der Waals surface area (Å²) < 4.78 is 5.01. The smallest absolute Gasteiger partial charge is 0.0552 e. The predicted octanol–water partition coefficient (Wildman–Crippen LogP) is 3.19. The van der Waals surface area contributed by atoms with Crippen LogP contribution in [0.1, 0.15) is 36.9 Å². The fraction of sp³-hybridized carbons (Fsp3) is 0.571. The van der Waals surface area contributed by atoms with E-state index >= 15 is 0 Å². The molecule has 0 saturated carbocycles. The molecule has 0 saturated heterocycles. The van der Waals surface area contributed by atoms with E-state index in [1.54, 1.807) is 7.11 Å². The van der Waals surface area contributed by atoms with Crippen LogP contribution in [0.15, 0.2) is 24.3 Å². The van der Waals surface area contributed by atoms with Crippen molar-refractivity contribution in [2.75, 3.05) is 25.2 Å². The molecule has 96 valence electrons. The average Bonchev–Trinajstić information content (AvgIpc) is 2.34. The van der Waals surface area contributed by atoms with Crippen LogP contribution in [0.3, 0.4) is 0 Å². The van der Waals surface area contributed by atoms with Crippen LogP contribution in [-0.4, -0.2) is 25.2 Å². The van der Waals surface area contributed by atoms with Gasteiger partial charge in [0.05, 0.1) is 6.61 Å². The Hall–Kier alpha value is -0.510. The Morgan fingerprint density at radius 1 is 1.18 bits per heavy atom. The number of thioether (sulfide) groups is 1. The van der Waals surface area contributed by atoms with Crippen molar-refractivity contribution in [2.45, 2.75) is 25.8 Å². The third-order valence-electron chi connectivity index (χ3n) is 2.76. The van der Waals surface area contributed by atoms with E-state index in [0.29, 0.717) is 5.92 Å². The maximum atomic E-state index is 6.14. The van der Waals surface area contributed by atoms with Gasteiger partial charge in [-0.05, 0) is 17.0 Å². The highest BCUT2D eigenvalue weighted by Gasteiger charge is 2.06. The highest BCUT2D eigenvalue weighted by molar-refractivity contribution is 7.99. The quantitative estimate of drug-likeness (QED) is 0.758. The summed E-state index contributed by atoms with van der Waals surface area (Å²) in [7, 11) is 1.73. The first kappa shape index (κ1) is 14.6. The molecular formula is C14H23NOS. The molecule has 0 aliphatic heterocycles. The van der Waals surface area contributed by atoms with Crippen LogP contribution in [0.4, 0.5) is 0 Å². The van der Waals surface area contributed by atoms with Crippen molar-refractivity contribution >= 4 is 11.8 Å². The maximum Gasteiger partial charge on any atom is 0.0552 e. The van der Waals surface area contributed by atoms with Crippen molar-refractivity contribution in [1.82, 2.24) is 0 Å². The van der Waals surface area contributed by atoms with E-state index in [2.05, 4.69) is 38.1 Å². The van der Waals surface area contributed by atoms with Crippen molar-refractivity contribution in [3.63, 3.8) is 0 Å². The van der Waals surface area contributed by atoms with E-state index in [0.717, 1.165) is 18.1 Å². The molecule has 0 fully saturated rings. The van der Waals surface area contributed by atoms with Gasteiger partial charge in [-0.2, -0.15) is 11.8 Å². The lowest BCUT2D eigenvalue weighted by molar-refractivity contribution is 0.218. The maximum absolute atomic E-state index is 6.14. The Kier molecular flexibility index (Phi) is 6.63. The third kappa shape index (κ3) is 5.11. The monoisotopic (exact) mass is 253 g/mol. The molecule has 0 bridgehead atoms. The Morgan fingerprint density at radius 3 is 2.29 bits per heavy atom. The highest BCUT2D eigenvalue weighted by atomic mass is 32.2. The number of methoxy groups -OCH3 is 1. The number of hydrogen-bond acceptors (Lipinski definition) is 3. The molecule has 0 aromatic heterocycles. The topological polar surface area (TPSA) is 35.2 Å². The summed E-state index contributed by atoms with van der Waals surface area (Å²) in [5.41, 5.74) is 8.73. The van der Waals surface area contributed by atoms with Gasteiger partial charge >= 0.3 is 0 Å². The molecule has 0 radical (unpaired) electrons. The number of ether oxygens (including phenoxy) is 1. The molecule has 1 unspecified atom stereocenters. The van der Waals surface area contributed by atoms with Gasteiger partial charge in [-0.15, -0.1) is 0 Å². The third-order valence-corrected chi connectivity index (χ3v) is 3.81. The van der Waals surface area contributed by atoms with Gasteiger partial charge in [0.15, 0.2) is 0 Å². The molecule has 0 amide bonds. The van der Waals surface area contributed by atoms with Gasteiger partial charge in [0.25, 0.3) is 0 Å². The van der Waals surface area contributed by atoms with E-state index in [1.165, 1.54) is 11.1 Å². The minimum atomic E-state index is 0.123. The number of nitrogens with two attached hydrogens (primary N) is 1. The highest BCUT2D eigenvalue weighted by Crippen LogP contribution is 2.20. The minimum absolute atomic E-state index is 0.123. The first-order valence-corrected chi connectivity index (χ1v) is 7.22. The largest absolute Gasteiger partial charge is 0.384 e. The lowest BCUT2D eigenvalue weighted by atomic mass is 10.00. The molecular weight excluding hydrogens is 230 g/mol. The fourth-order valence-electron chi connectivity index (χ4n) is 1.58. The Labute approximate surface area is 109 Å². The lowest BCUT2D eigenvalue weighted by Crippen LogP contribution is -2.13. The van der Waals surface area contributed by atoms with Crippen LogP contribution in [0.2, 0.25) is 0 Å². The van der Waals surface area contributed by atoms with Crippen LogP contribution in [0.25, 0.3) is 0 Å². The zero-order valence-corrected chi connectivity index (χ0v) is 11.8. The van der Waals surface area contributed by atoms with Crippen molar-refractivity contribution < 1.29 is 4.74 Å². The normalized spacial score (nSPS) is 13.0. The van der Waals surface area contributed by atoms with Crippen LogP contribution in [0.5, 0.6) is 0 Å². The summed E-state index contributed by atoms with van der Waals surface area (Å²) in [5, 5.41) is 0. The fourth-order valence-corrected chi connectivity index (χ4v) is 2.47. The minimum Gasteiger partial charge on any atom is -0.384 e. The molecule has 0 spiro atoms. The molecule has 2 N–H and O–H groups in total. The summed E-state index contributed by atoms with van der Waals surface area (Å²) >= 11 is 1.84. The predicted molar refractivity (Wildman–Crippen MR) is 76.7 cm³/mol. The molecule has 3 heteroatoms. The number of benzene rings is 1. The molecule has 1 aromatic rings. The second kappa shape index (κ2) is 7.75. The zero-order chi connectivity index (χ0) is 12.7. The van der Waals surface area contributed by atoms with Crippen molar-refractivity contribution in [3.05, 3.63) is 35.4 Å². The van der Waals surface area contributed by atoms with Crippen LogP contribution in [-0.2, 0) is 4.74 Å². The van der Waals surface area contributed by atoms with Crippen LogP contribution >= 0.6 is 11.8 Å². The van der Waals surface area contributed by atoms with Gasteiger partial charge in [-0.25, -0.2) is 0 Å². The van der Waals surface area contributed by atoms with E-state index in [-0.39, 0.29) is 6.04 Å². The SMILES string of the molecule is COCCSCC(N)c1ccc(C(C)C)cc1. The second-order valence-electron chi connectivity index (χ2n) is 4.50. The first-order valence-electron chi connectivity index (χ1n) is 6.07. The lowest BCUT2D eigenvalue weighted by Gasteiger charge is -2.13. The van der Waals surface area contributed by atoms with Gasteiger partial charge < -0.3 is 10.5 Å². The number of hydrogen-bond donors (Lipinski definition) is 1. The van der Waals surface area contributed by atoms with Gasteiger partial charge in [-0.1, -0.05) is 38.1 Å². The van der Waals surface area contributed by atoms with Gasteiger partial charge in [0.2, 0.25) is 0 Å². The first-order chi connectivity index (χ1) is 8.15. The Bertz CT molecular complexity index is 311. The van der Waals surface area contributed by atoms with Crippen LogP contribution < -0.4 is 5.73 Å². The molecule has 0 aliphatic carbocycles. The summed E-state index contributed by atoms with van der Waals surface area (Å²) in [4.78, 5) is 0. The van der Waals surface area contributed by atoms with Gasteiger partial charge in [0, 0.05) is 24.7 Å². The molecule has 2 nitrogen and oxygen atoms in total. The van der Waals surface area contributed by atoms with Crippen LogP contribution in [0, 0.1) is 0 Å². The zero-order valence-electron chi connectivity index (χ0n) is 11.0. The van der Waals surface area contributed by atoms with E-state index in [9.17, 15) is 0 Å². The van der Waals surface area contributed by atoms with Crippen molar-refractivity contribution in [3.8, 4) is 0 Å². The molecule has 1 atom stereocenters. The molecule has 0 aliphatic rings. The Morgan fingerprint density at radius 2 is 1.76 bits per heavy atom. The van der Waals surface area contributed by atoms with Crippen molar-refractivity contribution in [2.24, 2.45) is 5.73 Å². The van der Waals surface area contributed by atoms with E-state index in [1.807, 2.05) is 11.8 Å². The standard InChI is InChI=1S/C14H23NOS/c1-11(2)12-4-6-13(7-5-12)14(15)10-17-9-8-16-3/h4-7,11,14H,8-10,15H2,1-3H3. The second-order valence-corrected chi connectivity index (χ2v) is 5.65. The Balaban J connectivity index is 2.43. The molecule has 1 aromatic carbocycles. The molecule has 1 rings (SSSR count). The van der Waals surface area contributed by atoms with Crippen molar-refractivity contribution in [1.29, 1.82) is 0 Å². The summed E-state index contributed by atoms with van der Waals surface area (Å²) in [6.45, 7) is 5.20. The molecule has 0 heterocycles. The summed E-state index contributed by atoms with van der Waals surface area (Å²) in [5.74, 6) is 2.54. The van der Waals surface area contributed by atoms with Gasteiger partial charge in [-0.3, -0.25) is 0 Å².